The molecular weight excluding hydrogens is 334 g/mol. The summed E-state index contributed by atoms with van der Waals surface area (Å²) in [5.74, 6) is -0.396. The van der Waals surface area contributed by atoms with E-state index >= 15 is 0 Å². The molecule has 2 aromatic rings. The monoisotopic (exact) mass is 357 g/mol. The minimum Gasteiger partial charge on any atom is -0.497 e. The van der Waals surface area contributed by atoms with Gasteiger partial charge in [-0.05, 0) is 39.0 Å². The van der Waals surface area contributed by atoms with Crippen LogP contribution in [0, 0.1) is 13.8 Å². The van der Waals surface area contributed by atoms with Gasteiger partial charge in [-0.3, -0.25) is 9.48 Å². The fourth-order valence-corrected chi connectivity index (χ4v) is 2.39. The molecule has 0 aliphatic carbocycles. The average Bonchev–Trinajstić information content (AvgIpc) is 2.85. The van der Waals surface area contributed by atoms with Crippen LogP contribution in [-0.2, 0) is 21.4 Å². The summed E-state index contributed by atoms with van der Waals surface area (Å²) < 4.78 is 12.0. The van der Waals surface area contributed by atoms with Gasteiger partial charge < -0.3 is 14.8 Å². The molecule has 0 unspecified atom stereocenters. The maximum Gasteiger partial charge on any atom is 0.331 e. The predicted octanol–water partition coefficient (Wildman–Crippen LogP) is 2.63. The number of hydrogen-bond donors (Lipinski definition) is 1. The molecule has 0 aliphatic heterocycles. The molecule has 1 N–H and O–H groups in total. The van der Waals surface area contributed by atoms with Crippen LogP contribution in [0.2, 0.25) is 0 Å². The summed E-state index contributed by atoms with van der Waals surface area (Å²) in [6, 6.07) is 6.93. The Morgan fingerprint density at radius 2 is 2.04 bits per heavy atom. The number of methoxy groups -OCH3 is 1. The topological polar surface area (TPSA) is 82.4 Å². The van der Waals surface area contributed by atoms with E-state index in [0.29, 0.717) is 11.4 Å². The van der Waals surface area contributed by atoms with Crippen molar-refractivity contribution in [2.45, 2.75) is 26.9 Å². The van der Waals surface area contributed by atoms with Gasteiger partial charge in [0.2, 0.25) is 0 Å². The van der Waals surface area contributed by atoms with Crippen molar-refractivity contribution in [3.8, 4) is 5.75 Å². The molecule has 7 nitrogen and oxygen atoms in total. The SMILES string of the molecule is COc1cccc(NC(=O)[C@H](C)OC(=O)/C=C/c2c(C)nn(C)c2C)c1. The number of carbonyl (C=O) groups is 2. The van der Waals surface area contributed by atoms with Crippen molar-refractivity contribution in [2.24, 2.45) is 7.05 Å². The minimum atomic E-state index is -0.936. The zero-order chi connectivity index (χ0) is 19.3. The number of amides is 1. The zero-order valence-corrected chi connectivity index (χ0v) is 15.6. The Morgan fingerprint density at radius 3 is 2.65 bits per heavy atom. The predicted molar refractivity (Wildman–Crippen MR) is 98.9 cm³/mol. The summed E-state index contributed by atoms with van der Waals surface area (Å²) >= 11 is 0. The highest BCUT2D eigenvalue weighted by molar-refractivity contribution is 5.96. The Balaban J connectivity index is 1.95. The smallest absolute Gasteiger partial charge is 0.331 e. The minimum absolute atomic E-state index is 0.422. The average molecular weight is 357 g/mol. The molecule has 26 heavy (non-hydrogen) atoms. The molecule has 0 radical (unpaired) electrons. The lowest BCUT2D eigenvalue weighted by molar-refractivity contribution is -0.148. The van der Waals surface area contributed by atoms with E-state index in [4.69, 9.17) is 9.47 Å². The summed E-state index contributed by atoms with van der Waals surface area (Å²) in [4.78, 5) is 24.1. The number of carbonyl (C=O) groups excluding carboxylic acids is 2. The number of nitrogens with zero attached hydrogens (tertiary/aromatic N) is 2. The maximum absolute atomic E-state index is 12.2. The Kier molecular flexibility index (Phi) is 6.16. The van der Waals surface area contributed by atoms with E-state index < -0.39 is 18.0 Å². The van der Waals surface area contributed by atoms with Gasteiger partial charge in [0, 0.05) is 36.1 Å². The molecule has 7 heteroatoms. The first-order valence-corrected chi connectivity index (χ1v) is 8.15. The van der Waals surface area contributed by atoms with Crippen molar-refractivity contribution in [3.63, 3.8) is 0 Å². The van der Waals surface area contributed by atoms with E-state index in [1.807, 2.05) is 20.9 Å². The van der Waals surface area contributed by atoms with E-state index in [2.05, 4.69) is 10.4 Å². The molecule has 0 fully saturated rings. The number of hydrogen-bond acceptors (Lipinski definition) is 5. The quantitative estimate of drug-likeness (QED) is 0.635. The Labute approximate surface area is 152 Å². The van der Waals surface area contributed by atoms with Crippen LogP contribution in [0.15, 0.2) is 30.3 Å². The zero-order valence-electron chi connectivity index (χ0n) is 15.6. The highest BCUT2D eigenvalue weighted by atomic mass is 16.5. The first kappa shape index (κ1) is 19.2. The molecule has 1 aromatic heterocycles. The van der Waals surface area contributed by atoms with E-state index in [0.717, 1.165) is 17.0 Å². The van der Waals surface area contributed by atoms with Crippen LogP contribution in [0.3, 0.4) is 0 Å². The van der Waals surface area contributed by atoms with E-state index in [1.54, 1.807) is 42.1 Å². The lowest BCUT2D eigenvalue weighted by Gasteiger charge is -2.13. The number of aryl methyl sites for hydroxylation is 2. The lowest BCUT2D eigenvalue weighted by atomic mass is 10.2. The highest BCUT2D eigenvalue weighted by Gasteiger charge is 2.17. The van der Waals surface area contributed by atoms with Gasteiger partial charge in [-0.1, -0.05) is 6.07 Å². The molecule has 0 saturated heterocycles. The second kappa shape index (κ2) is 8.33. The van der Waals surface area contributed by atoms with Gasteiger partial charge in [-0.15, -0.1) is 0 Å². The molecule has 1 heterocycles. The molecule has 0 spiro atoms. The second-order valence-electron chi connectivity index (χ2n) is 5.84. The summed E-state index contributed by atoms with van der Waals surface area (Å²) in [6.07, 6.45) is 2.01. The summed E-state index contributed by atoms with van der Waals surface area (Å²) in [5, 5.41) is 6.96. The first-order valence-electron chi connectivity index (χ1n) is 8.15. The molecule has 1 aromatic carbocycles. The lowest BCUT2D eigenvalue weighted by Crippen LogP contribution is -2.29. The molecule has 2 rings (SSSR count). The van der Waals surface area contributed by atoms with Crippen LogP contribution in [0.5, 0.6) is 5.75 Å². The number of nitrogens with one attached hydrogen (secondary N) is 1. The van der Waals surface area contributed by atoms with E-state index in [-0.39, 0.29) is 0 Å². The highest BCUT2D eigenvalue weighted by Crippen LogP contribution is 2.17. The summed E-state index contributed by atoms with van der Waals surface area (Å²) in [6.45, 7) is 5.29. The largest absolute Gasteiger partial charge is 0.497 e. The molecule has 1 amide bonds. The van der Waals surface area contributed by atoms with Crippen LogP contribution in [0.4, 0.5) is 5.69 Å². The van der Waals surface area contributed by atoms with Crippen molar-refractivity contribution < 1.29 is 19.1 Å². The van der Waals surface area contributed by atoms with Crippen LogP contribution in [0.25, 0.3) is 6.08 Å². The van der Waals surface area contributed by atoms with Crippen LogP contribution < -0.4 is 10.1 Å². The van der Waals surface area contributed by atoms with Gasteiger partial charge in [-0.2, -0.15) is 5.10 Å². The fourth-order valence-electron chi connectivity index (χ4n) is 2.39. The molecule has 1 atom stereocenters. The molecular formula is C19H23N3O4. The van der Waals surface area contributed by atoms with Crippen LogP contribution >= 0.6 is 0 Å². The first-order chi connectivity index (χ1) is 12.3. The van der Waals surface area contributed by atoms with Gasteiger partial charge in [0.25, 0.3) is 5.91 Å². The maximum atomic E-state index is 12.2. The molecule has 0 bridgehead atoms. The van der Waals surface area contributed by atoms with Gasteiger partial charge in [0.05, 0.1) is 12.8 Å². The van der Waals surface area contributed by atoms with E-state index in [9.17, 15) is 9.59 Å². The Morgan fingerprint density at radius 1 is 1.31 bits per heavy atom. The normalized spacial score (nSPS) is 12.0. The molecule has 0 aliphatic rings. The van der Waals surface area contributed by atoms with Gasteiger partial charge >= 0.3 is 5.97 Å². The van der Waals surface area contributed by atoms with Crippen molar-refractivity contribution in [2.75, 3.05) is 12.4 Å². The van der Waals surface area contributed by atoms with Crippen molar-refractivity contribution in [1.29, 1.82) is 0 Å². The van der Waals surface area contributed by atoms with Gasteiger partial charge in [-0.25, -0.2) is 4.79 Å². The van der Waals surface area contributed by atoms with Crippen molar-refractivity contribution in [3.05, 3.63) is 47.3 Å². The van der Waals surface area contributed by atoms with Crippen molar-refractivity contribution in [1.82, 2.24) is 9.78 Å². The number of aromatic nitrogens is 2. The van der Waals surface area contributed by atoms with Crippen LogP contribution in [0.1, 0.15) is 23.9 Å². The Hall–Kier alpha value is -3.09. The van der Waals surface area contributed by atoms with Crippen LogP contribution in [-0.4, -0.2) is 34.9 Å². The summed E-state index contributed by atoms with van der Waals surface area (Å²) in [5.41, 5.74) is 3.18. The fraction of sp³-hybridized carbons (Fsp3) is 0.316. The van der Waals surface area contributed by atoms with Gasteiger partial charge in [0.1, 0.15) is 5.75 Å². The summed E-state index contributed by atoms with van der Waals surface area (Å²) in [7, 11) is 3.38. The number of esters is 1. The third-order valence-corrected chi connectivity index (χ3v) is 3.95. The number of ether oxygens (including phenoxy) is 2. The standard InChI is InChI=1S/C19H23N3O4/c1-12-17(13(2)22(4)21-12)9-10-18(23)26-14(3)19(24)20-15-7-6-8-16(11-15)25-5/h6-11,14H,1-5H3,(H,20,24)/b10-9+/t14-/m0/s1. The third kappa shape index (κ3) is 4.72. The molecule has 138 valence electrons. The number of rotatable bonds is 6. The molecule has 0 saturated carbocycles. The Bertz CT molecular complexity index is 839. The second-order valence-corrected chi connectivity index (χ2v) is 5.84. The van der Waals surface area contributed by atoms with E-state index in [1.165, 1.54) is 13.0 Å². The number of benzene rings is 1. The number of anilines is 1. The third-order valence-electron chi connectivity index (χ3n) is 3.95. The van der Waals surface area contributed by atoms with Crippen molar-refractivity contribution >= 4 is 23.6 Å². The van der Waals surface area contributed by atoms with Gasteiger partial charge in [0.15, 0.2) is 6.10 Å².